The first kappa shape index (κ1) is 65.5. The minimum Gasteiger partial charge on any atom is -0.550 e. The smallest absolute Gasteiger partial charge is 0.550 e. The largest absolute Gasteiger partial charge is 3.00 e. The predicted molar refractivity (Wildman–Crippen MR) is 120 cm³/mol. The van der Waals surface area contributed by atoms with Crippen LogP contribution < -0.4 is 77.2 Å². The number of carbonyl (C=O) groups is 12. The predicted octanol–water partition coefficient (Wildman–Crippen LogP) is -20.7. The van der Waals surface area contributed by atoms with E-state index < -0.39 is 146 Å². The van der Waals surface area contributed by atoms with Gasteiger partial charge >= 0.3 is 68.3 Å². The number of nitrogens with one attached hydrogen (secondary N) is 3. The number of rotatable bonds is 24. The van der Waals surface area contributed by atoms with E-state index in [1.165, 1.54) is 0 Å². The molecule has 0 amide bonds. The van der Waals surface area contributed by atoms with E-state index in [2.05, 4.69) is 0 Å². The summed E-state index contributed by atoms with van der Waals surface area (Å²) in [4.78, 5) is 124. The molecule has 3 N–H and O–H groups in total. The summed E-state index contributed by atoms with van der Waals surface area (Å²) >= 11 is 0. The zero-order valence-electron chi connectivity index (χ0n) is 26.4. The zero-order chi connectivity index (χ0) is 40.8. The number of hydrogen-bond donors (Lipinski definition) is 3. The summed E-state index contributed by atoms with van der Waals surface area (Å²) in [5.74, 6) is -22.0. The summed E-state index contributed by atoms with van der Waals surface area (Å²) in [5.41, 5.74) is 0. The van der Waals surface area contributed by atoms with Crippen LogP contribution in [0.2, 0.25) is 0 Å². The Bertz CT molecular complexity index is 1100. The fourth-order valence-electron chi connectivity index (χ4n) is 2.99. The third kappa shape index (κ3) is 36.4. The van der Waals surface area contributed by atoms with E-state index in [1.807, 2.05) is 0 Å². The molecular weight excluding hydrogens is 938 g/mol. The number of carboxylic acid groups (broad SMARTS) is 12. The molecule has 0 spiro atoms. The molecule has 0 aromatic heterocycles. The van der Waals surface area contributed by atoms with E-state index >= 15 is 0 Å². The molecule has 31 heteroatoms. The molecule has 0 aromatic rings. The first-order valence-corrected chi connectivity index (χ1v) is 12.9. The molecule has 0 aliphatic rings. The van der Waals surface area contributed by atoms with Gasteiger partial charge in [-0.15, -0.1) is 0 Å². The maximum absolute atomic E-state index is 10.4. The SMILES string of the molecule is O=C([O-])CC(NC(CC(=O)[O-])C(=O)[O-])C(=O)[O-].O=C([O-])CC(NC(CC(=O)[O-])C(=O)[O-])C(=O)[O-].O=C([O-])CC(NC(CC(=O)[O-])C(=O)[O-])C(=O)[O-].[Fe+3].[Fe+3].[Fe+3].[Fe+3]. The molecule has 55 heavy (non-hydrogen) atoms. The van der Waals surface area contributed by atoms with Gasteiger partial charge in [0.15, 0.2) is 0 Å². The van der Waals surface area contributed by atoms with Crippen molar-refractivity contribution in [3.63, 3.8) is 0 Å². The Morgan fingerprint density at radius 1 is 0.255 bits per heavy atom. The zero-order valence-corrected chi connectivity index (χ0v) is 30.8. The van der Waals surface area contributed by atoms with Crippen LogP contribution in [0.1, 0.15) is 38.5 Å². The van der Waals surface area contributed by atoms with Gasteiger partial charge in [0.1, 0.15) is 0 Å². The Kier molecular flexibility index (Phi) is 40.6. The number of hydrogen-bond acceptors (Lipinski definition) is 27. The second-order valence-corrected chi connectivity index (χ2v) is 9.19. The van der Waals surface area contributed by atoms with Crippen molar-refractivity contribution in [2.45, 2.75) is 74.8 Å². The van der Waals surface area contributed by atoms with Crippen molar-refractivity contribution in [2.24, 2.45) is 0 Å². The van der Waals surface area contributed by atoms with Crippen molar-refractivity contribution < 1.29 is 187 Å². The van der Waals surface area contributed by atoms with E-state index in [0.717, 1.165) is 0 Å². The van der Waals surface area contributed by atoms with E-state index in [0.29, 0.717) is 0 Å². The van der Waals surface area contributed by atoms with Crippen molar-refractivity contribution in [1.82, 2.24) is 16.0 Å². The van der Waals surface area contributed by atoms with E-state index in [4.69, 9.17) is 0 Å². The molecule has 4 radical (unpaired) electrons. The maximum Gasteiger partial charge on any atom is 3.00 e. The minimum atomic E-state index is -1.90. The molecule has 0 rings (SSSR count). The average Bonchev–Trinajstić information content (AvgIpc) is 2.93. The number of carbonyl (C=O) groups excluding carboxylic acids is 12. The van der Waals surface area contributed by atoms with Crippen molar-refractivity contribution in [3.05, 3.63) is 0 Å². The van der Waals surface area contributed by atoms with Crippen molar-refractivity contribution in [1.29, 1.82) is 0 Å². The summed E-state index contributed by atoms with van der Waals surface area (Å²) in [6, 6.07) is -11.4. The molecule has 6 atom stereocenters. The van der Waals surface area contributed by atoms with Crippen molar-refractivity contribution in [2.75, 3.05) is 0 Å². The van der Waals surface area contributed by atoms with Gasteiger partial charge in [-0.3, -0.25) is 0 Å². The normalized spacial score (nSPS) is 12.7. The van der Waals surface area contributed by atoms with Crippen molar-refractivity contribution >= 4 is 71.6 Å². The van der Waals surface area contributed by atoms with E-state index in [1.54, 1.807) is 16.0 Å². The molecule has 0 heterocycles. The van der Waals surface area contributed by atoms with Gasteiger partial charge < -0.3 is 135 Å². The quantitative estimate of drug-likeness (QED) is 0.0756. The molecule has 308 valence electrons. The number of aliphatic carboxylic acids is 12. The second kappa shape index (κ2) is 34.1. The molecule has 0 saturated heterocycles. The van der Waals surface area contributed by atoms with Crippen molar-refractivity contribution in [3.8, 4) is 0 Å². The first-order chi connectivity index (χ1) is 23.2. The molecule has 0 aromatic carbocycles. The van der Waals surface area contributed by atoms with Gasteiger partial charge in [0.2, 0.25) is 0 Å². The van der Waals surface area contributed by atoms with Crippen LogP contribution in [-0.2, 0) is 126 Å². The monoisotopic (exact) mass is 959 g/mol. The fraction of sp³-hybridized carbons (Fsp3) is 0.500. The van der Waals surface area contributed by atoms with Crippen LogP contribution in [0.3, 0.4) is 0 Å². The summed E-state index contributed by atoms with van der Waals surface area (Å²) in [7, 11) is 0. The Hall–Kier alpha value is -4.40. The van der Waals surface area contributed by atoms with Gasteiger partial charge in [-0.25, -0.2) is 0 Å². The minimum absolute atomic E-state index is 0. The van der Waals surface area contributed by atoms with Crippen LogP contribution in [0.25, 0.3) is 0 Å². The fourth-order valence-corrected chi connectivity index (χ4v) is 2.99. The van der Waals surface area contributed by atoms with Crippen LogP contribution in [-0.4, -0.2) is 108 Å². The van der Waals surface area contributed by atoms with Crippen LogP contribution in [0.15, 0.2) is 0 Å². The maximum atomic E-state index is 10.4. The molecule has 27 nitrogen and oxygen atoms in total. The standard InChI is InChI=1S/3C8H11NO8.4Fe/c3*10-5(11)1-3(7(14)15)9-4(8(16)17)2-6(12)13;;;;/h3*3-4,9H,1-2H2,(H,10,11)(H,12,13)(H,14,15)(H,16,17);;;;/q;;;4*+3/p-12. The molecule has 0 bridgehead atoms. The van der Waals surface area contributed by atoms with E-state index in [-0.39, 0.29) is 68.3 Å². The molecule has 0 aliphatic heterocycles. The third-order valence-electron chi connectivity index (χ3n) is 5.14. The Balaban J connectivity index is -0.000000121. The van der Waals surface area contributed by atoms with Crippen LogP contribution >= 0.6 is 0 Å². The van der Waals surface area contributed by atoms with E-state index in [9.17, 15) is 119 Å². The molecule has 0 saturated carbocycles. The molecule has 0 fully saturated rings. The summed E-state index contributed by atoms with van der Waals surface area (Å²) in [6.07, 6.45) is -6.42. The second-order valence-electron chi connectivity index (χ2n) is 9.19. The third-order valence-corrected chi connectivity index (χ3v) is 5.14. The average molecular weight is 959 g/mol. The topological polar surface area (TPSA) is 518 Å². The van der Waals surface area contributed by atoms with Gasteiger partial charge in [0.25, 0.3) is 0 Å². The Morgan fingerprint density at radius 2 is 0.345 bits per heavy atom. The summed E-state index contributed by atoms with van der Waals surface area (Å²) in [5, 5.41) is 129. The van der Waals surface area contributed by atoms with Gasteiger partial charge in [-0.2, -0.15) is 0 Å². The Labute approximate surface area is 348 Å². The number of carboxylic acids is 12. The summed E-state index contributed by atoms with van der Waals surface area (Å²) < 4.78 is 0. The van der Waals surface area contributed by atoms with Gasteiger partial charge in [0.05, 0.1) is 72.1 Å². The van der Waals surface area contributed by atoms with Crippen LogP contribution in [0.4, 0.5) is 0 Å². The molecule has 0 aliphatic carbocycles. The van der Waals surface area contributed by atoms with Gasteiger partial charge in [-0.05, 0) is 0 Å². The molecular formula is C24H21Fe4N3O24. The van der Waals surface area contributed by atoms with Gasteiger partial charge in [0, 0.05) is 74.3 Å². The van der Waals surface area contributed by atoms with Crippen LogP contribution in [0.5, 0.6) is 0 Å². The first-order valence-electron chi connectivity index (χ1n) is 12.9. The molecule has 6 unspecified atom stereocenters. The summed E-state index contributed by atoms with van der Waals surface area (Å²) in [6.45, 7) is 0. The van der Waals surface area contributed by atoms with Gasteiger partial charge in [-0.1, -0.05) is 0 Å². The van der Waals surface area contributed by atoms with Crippen LogP contribution in [0, 0.1) is 0 Å². The Morgan fingerprint density at radius 3 is 0.400 bits per heavy atom.